The van der Waals surface area contributed by atoms with Crippen molar-refractivity contribution in [2.75, 3.05) is 32.8 Å². The van der Waals surface area contributed by atoms with Gasteiger partial charge in [-0.3, -0.25) is 14.4 Å². The van der Waals surface area contributed by atoms with Crippen LogP contribution in [0.3, 0.4) is 0 Å². The summed E-state index contributed by atoms with van der Waals surface area (Å²) in [6.07, 6.45) is 0.455. The Hall–Kier alpha value is -2.71. The maximum Gasteiger partial charge on any atom is 0.224 e. The minimum atomic E-state index is -0.281. The molecule has 0 saturated carbocycles. The third-order valence-electron chi connectivity index (χ3n) is 4.27. The van der Waals surface area contributed by atoms with Gasteiger partial charge in [0, 0.05) is 49.4 Å². The van der Waals surface area contributed by atoms with Crippen LogP contribution < -0.4 is 14.8 Å². The summed E-state index contributed by atoms with van der Waals surface area (Å²) in [4.78, 5) is 38.0. The summed E-state index contributed by atoms with van der Waals surface area (Å²) in [6, 6.07) is 8.72. The summed E-state index contributed by atoms with van der Waals surface area (Å²) in [7, 11) is 3.12. The lowest BCUT2D eigenvalue weighted by Crippen LogP contribution is -2.14. The second-order valence-electron chi connectivity index (χ2n) is 6.63. The third-order valence-corrected chi connectivity index (χ3v) is 5.31. The Morgan fingerprint density at radius 3 is 2.37 bits per heavy atom. The van der Waals surface area contributed by atoms with Crippen LogP contribution in [0, 0.1) is 6.92 Å². The molecule has 1 N–H and O–H groups in total. The highest BCUT2D eigenvalue weighted by molar-refractivity contribution is 7.14. The summed E-state index contributed by atoms with van der Waals surface area (Å²) >= 11 is 1.43. The number of carbonyl (C=O) groups is 3. The molecule has 2 rings (SSSR count). The second kappa shape index (κ2) is 12.1. The first-order chi connectivity index (χ1) is 14.4. The lowest BCUT2D eigenvalue weighted by atomic mass is 10.1. The number of methoxy groups -OCH3 is 2. The summed E-state index contributed by atoms with van der Waals surface area (Å²) < 4.78 is 15.8. The van der Waals surface area contributed by atoms with Crippen LogP contribution in [0.15, 0.2) is 30.3 Å². The van der Waals surface area contributed by atoms with E-state index in [1.54, 1.807) is 31.4 Å². The summed E-state index contributed by atoms with van der Waals surface area (Å²) in [5.74, 6) is 0.613. The quantitative estimate of drug-likeness (QED) is 0.379. The van der Waals surface area contributed by atoms with E-state index in [1.165, 1.54) is 18.4 Å². The maximum absolute atomic E-state index is 12.2. The first kappa shape index (κ1) is 23.6. The van der Waals surface area contributed by atoms with Crippen molar-refractivity contribution < 1.29 is 28.6 Å². The normalized spacial score (nSPS) is 10.5. The van der Waals surface area contributed by atoms with E-state index in [9.17, 15) is 14.4 Å². The van der Waals surface area contributed by atoms with E-state index in [0.29, 0.717) is 35.3 Å². The molecule has 0 unspecified atom stereocenters. The van der Waals surface area contributed by atoms with Crippen molar-refractivity contribution in [2.24, 2.45) is 0 Å². The molecule has 8 heteroatoms. The highest BCUT2D eigenvalue weighted by Crippen LogP contribution is 2.30. The smallest absolute Gasteiger partial charge is 0.224 e. The first-order valence-electron chi connectivity index (χ1n) is 9.64. The Morgan fingerprint density at radius 2 is 1.70 bits per heavy atom. The predicted octanol–water partition coefficient (Wildman–Crippen LogP) is 4.04. The zero-order valence-corrected chi connectivity index (χ0v) is 18.3. The molecule has 0 radical (unpaired) electrons. The Labute approximate surface area is 180 Å². The number of amides is 1. The van der Waals surface area contributed by atoms with Crippen LogP contribution in [0.25, 0.3) is 0 Å². The Kier molecular flexibility index (Phi) is 9.50. The van der Waals surface area contributed by atoms with Crippen molar-refractivity contribution in [1.82, 2.24) is 0 Å². The third kappa shape index (κ3) is 7.61. The molecule has 1 amide bonds. The fourth-order valence-corrected chi connectivity index (χ4v) is 3.50. The van der Waals surface area contributed by atoms with Crippen LogP contribution in [-0.4, -0.2) is 44.9 Å². The number of ether oxygens (including phenoxy) is 3. The molecule has 0 saturated heterocycles. The molecule has 1 aromatic carbocycles. The highest BCUT2D eigenvalue weighted by atomic mass is 32.1. The van der Waals surface area contributed by atoms with Crippen LogP contribution in [0.4, 0.5) is 5.69 Å². The second-order valence-corrected chi connectivity index (χ2v) is 7.92. The standard InChI is InChI=1S/C22H27NO6S/c1-15-4-10-21(30-15)18(25)8-6-17(24)7-11-22(26)23-16-5-9-19(28-3)20(14-16)29-13-12-27-2/h4-5,9-10,14H,6-8,11-13H2,1-3H3,(H,23,26). The Morgan fingerprint density at radius 1 is 0.933 bits per heavy atom. The van der Waals surface area contributed by atoms with E-state index in [1.807, 2.05) is 13.0 Å². The van der Waals surface area contributed by atoms with Crippen molar-refractivity contribution in [3.8, 4) is 11.5 Å². The summed E-state index contributed by atoms with van der Waals surface area (Å²) in [6.45, 7) is 2.71. The molecule has 0 spiro atoms. The van der Waals surface area contributed by atoms with Crippen molar-refractivity contribution in [1.29, 1.82) is 0 Å². The van der Waals surface area contributed by atoms with Gasteiger partial charge < -0.3 is 19.5 Å². The molecule has 7 nitrogen and oxygen atoms in total. The fraction of sp³-hybridized carbons (Fsp3) is 0.409. The molecule has 0 bridgehead atoms. The number of nitrogens with one attached hydrogen (secondary N) is 1. The number of benzene rings is 1. The highest BCUT2D eigenvalue weighted by Gasteiger charge is 2.13. The summed E-state index contributed by atoms with van der Waals surface area (Å²) in [5, 5.41) is 2.75. The van der Waals surface area contributed by atoms with Gasteiger partial charge in [-0.1, -0.05) is 0 Å². The van der Waals surface area contributed by atoms with E-state index in [-0.39, 0.29) is 43.2 Å². The number of ketones is 2. The van der Waals surface area contributed by atoms with Crippen LogP contribution in [0.2, 0.25) is 0 Å². The van der Waals surface area contributed by atoms with Gasteiger partial charge in [-0.05, 0) is 31.2 Å². The molecule has 1 heterocycles. The van der Waals surface area contributed by atoms with E-state index in [2.05, 4.69) is 5.32 Å². The zero-order valence-electron chi connectivity index (χ0n) is 17.5. The molecule has 30 heavy (non-hydrogen) atoms. The first-order valence-corrected chi connectivity index (χ1v) is 10.5. The van der Waals surface area contributed by atoms with Gasteiger partial charge in [-0.15, -0.1) is 11.3 Å². The molecule has 2 aromatic rings. The van der Waals surface area contributed by atoms with Gasteiger partial charge in [0.2, 0.25) is 5.91 Å². The largest absolute Gasteiger partial charge is 0.493 e. The molecule has 0 aliphatic rings. The summed E-state index contributed by atoms with van der Waals surface area (Å²) in [5.41, 5.74) is 0.545. The van der Waals surface area contributed by atoms with Gasteiger partial charge >= 0.3 is 0 Å². The Bertz CT molecular complexity index is 876. The van der Waals surface area contributed by atoms with Crippen LogP contribution in [0.1, 0.15) is 40.2 Å². The SMILES string of the molecule is COCCOc1cc(NC(=O)CCC(=O)CCC(=O)c2ccc(C)s2)ccc1OC. The van der Waals surface area contributed by atoms with E-state index in [0.717, 1.165) is 4.88 Å². The molecule has 0 fully saturated rings. The Balaban J connectivity index is 1.78. The lowest BCUT2D eigenvalue weighted by Gasteiger charge is -2.12. The van der Waals surface area contributed by atoms with Gasteiger partial charge in [0.15, 0.2) is 17.3 Å². The number of anilines is 1. The van der Waals surface area contributed by atoms with Gasteiger partial charge in [-0.25, -0.2) is 0 Å². The maximum atomic E-state index is 12.2. The number of hydrogen-bond acceptors (Lipinski definition) is 7. The van der Waals surface area contributed by atoms with Crippen molar-refractivity contribution in [3.63, 3.8) is 0 Å². The van der Waals surface area contributed by atoms with Crippen LogP contribution >= 0.6 is 11.3 Å². The van der Waals surface area contributed by atoms with Gasteiger partial charge in [0.05, 0.1) is 18.6 Å². The van der Waals surface area contributed by atoms with Gasteiger partial charge in [0.25, 0.3) is 0 Å². The number of rotatable bonds is 13. The van der Waals surface area contributed by atoms with Crippen LogP contribution in [-0.2, 0) is 14.3 Å². The molecular weight excluding hydrogens is 406 g/mol. The minimum Gasteiger partial charge on any atom is -0.493 e. The lowest BCUT2D eigenvalue weighted by molar-refractivity contribution is -0.122. The zero-order chi connectivity index (χ0) is 21.9. The topological polar surface area (TPSA) is 90.9 Å². The number of Topliss-reactive ketones (excluding diaryl/α,β-unsaturated/α-hetero) is 2. The molecular formula is C22H27NO6S. The molecule has 1 aromatic heterocycles. The molecule has 0 aliphatic carbocycles. The predicted molar refractivity (Wildman–Crippen MR) is 116 cm³/mol. The van der Waals surface area contributed by atoms with Crippen molar-refractivity contribution >= 4 is 34.5 Å². The fourth-order valence-electron chi connectivity index (χ4n) is 2.66. The molecule has 162 valence electrons. The van der Waals surface area contributed by atoms with E-state index < -0.39 is 0 Å². The molecule has 0 aliphatic heterocycles. The number of carbonyl (C=O) groups excluding carboxylic acids is 3. The van der Waals surface area contributed by atoms with Crippen molar-refractivity contribution in [2.45, 2.75) is 32.6 Å². The van der Waals surface area contributed by atoms with Gasteiger partial charge in [0.1, 0.15) is 12.4 Å². The number of aryl methyl sites for hydroxylation is 1. The van der Waals surface area contributed by atoms with Crippen molar-refractivity contribution in [3.05, 3.63) is 40.1 Å². The molecule has 0 atom stereocenters. The average molecular weight is 434 g/mol. The van der Waals surface area contributed by atoms with E-state index >= 15 is 0 Å². The monoisotopic (exact) mass is 433 g/mol. The van der Waals surface area contributed by atoms with E-state index in [4.69, 9.17) is 14.2 Å². The number of hydrogen-bond donors (Lipinski definition) is 1. The van der Waals surface area contributed by atoms with Crippen LogP contribution in [0.5, 0.6) is 11.5 Å². The van der Waals surface area contributed by atoms with Gasteiger partial charge in [-0.2, -0.15) is 0 Å². The number of thiophene rings is 1. The average Bonchev–Trinajstić information content (AvgIpc) is 3.17. The minimum absolute atomic E-state index is 0.0369.